The molecule has 0 unspecified atom stereocenters. The Hall–Kier alpha value is -3.81. The van der Waals surface area contributed by atoms with Crippen LogP contribution in [0.2, 0.25) is 0 Å². The van der Waals surface area contributed by atoms with Crippen molar-refractivity contribution in [3.63, 3.8) is 0 Å². The number of hydrogen-bond acceptors (Lipinski definition) is 5. The van der Waals surface area contributed by atoms with E-state index in [-0.39, 0.29) is 6.03 Å². The quantitative estimate of drug-likeness (QED) is 0.582. The molecule has 0 saturated carbocycles. The van der Waals surface area contributed by atoms with E-state index in [1.54, 1.807) is 18.3 Å². The van der Waals surface area contributed by atoms with Gasteiger partial charge in [0, 0.05) is 25.1 Å². The van der Waals surface area contributed by atoms with Crippen molar-refractivity contribution in [3.8, 4) is 5.75 Å². The fourth-order valence-corrected chi connectivity index (χ4v) is 4.06. The average Bonchev–Trinajstić information content (AvgIpc) is 3.32. The highest BCUT2D eigenvalue weighted by Gasteiger charge is 2.36. The van der Waals surface area contributed by atoms with E-state index < -0.39 is 18.1 Å². The lowest BCUT2D eigenvalue weighted by Gasteiger charge is -2.36. The van der Waals surface area contributed by atoms with Crippen LogP contribution in [0.25, 0.3) is 0 Å². The van der Waals surface area contributed by atoms with Gasteiger partial charge in [-0.2, -0.15) is 0 Å². The predicted octanol–water partition coefficient (Wildman–Crippen LogP) is 2.86. The molecule has 2 heterocycles. The van der Waals surface area contributed by atoms with Crippen molar-refractivity contribution >= 4 is 12.0 Å². The molecule has 0 saturated heterocycles. The molecule has 2 atom stereocenters. The number of methoxy groups -OCH3 is 2. The molecule has 3 aromatic rings. The topological polar surface area (TPSA) is 96.6 Å². The fraction of sp³-hybridized carbons (Fsp3) is 0.292. The van der Waals surface area contributed by atoms with E-state index in [4.69, 9.17) is 9.47 Å². The number of urea groups is 1. The first-order valence-corrected chi connectivity index (χ1v) is 10.5. The van der Waals surface area contributed by atoms with E-state index in [1.807, 2.05) is 54.6 Å². The second-order valence-electron chi connectivity index (χ2n) is 7.60. The van der Waals surface area contributed by atoms with E-state index in [1.165, 1.54) is 7.11 Å². The van der Waals surface area contributed by atoms with Crippen LogP contribution in [0, 0.1) is 0 Å². The van der Waals surface area contributed by atoms with Gasteiger partial charge in [-0.3, -0.25) is 0 Å². The highest BCUT2D eigenvalue weighted by atomic mass is 16.5. The molecule has 166 valence electrons. The third-order valence-electron chi connectivity index (χ3n) is 5.66. The van der Waals surface area contributed by atoms with Crippen LogP contribution in [0.5, 0.6) is 5.75 Å². The van der Waals surface area contributed by atoms with Crippen LogP contribution in [-0.4, -0.2) is 53.7 Å². The van der Waals surface area contributed by atoms with Crippen molar-refractivity contribution in [1.29, 1.82) is 0 Å². The molecule has 8 heteroatoms. The average molecular weight is 434 g/mol. The highest BCUT2D eigenvalue weighted by molar-refractivity contribution is 5.84. The number of nitrogens with one attached hydrogen (secondary N) is 2. The lowest BCUT2D eigenvalue weighted by atomic mass is 9.95. The summed E-state index contributed by atoms with van der Waals surface area (Å²) in [6, 6.07) is 15.6. The molecular weight excluding hydrogens is 408 g/mol. The number of carbonyl (C=O) groups excluding carboxylic acids is 2. The number of rotatable bonds is 6. The maximum atomic E-state index is 13.4. The molecule has 1 aliphatic rings. The summed E-state index contributed by atoms with van der Waals surface area (Å²) in [5, 5.41) is 2.88. The summed E-state index contributed by atoms with van der Waals surface area (Å²) >= 11 is 0. The van der Waals surface area contributed by atoms with Crippen LogP contribution in [-0.2, 0) is 22.4 Å². The summed E-state index contributed by atoms with van der Waals surface area (Å²) in [7, 11) is 2.93. The second kappa shape index (κ2) is 9.55. The zero-order chi connectivity index (χ0) is 22.5. The lowest BCUT2D eigenvalue weighted by molar-refractivity contribution is -0.142. The Morgan fingerprint density at radius 1 is 1.19 bits per heavy atom. The highest BCUT2D eigenvalue weighted by Crippen LogP contribution is 2.34. The summed E-state index contributed by atoms with van der Waals surface area (Å²) in [4.78, 5) is 35.2. The monoisotopic (exact) mass is 434 g/mol. The number of amides is 2. The SMILES string of the molecule is COC(=O)[C@@H](Cc1ccccc1)NC(=O)N1CCc2[nH]cnc2[C@H]1c1cccc(OC)c1. The molecule has 1 aliphatic heterocycles. The molecular formula is C24H26N4O4. The molecule has 0 bridgehead atoms. The molecule has 8 nitrogen and oxygen atoms in total. The Kier molecular flexibility index (Phi) is 6.39. The summed E-state index contributed by atoms with van der Waals surface area (Å²) in [5.74, 6) is 0.208. The number of H-pyrrole nitrogens is 1. The zero-order valence-electron chi connectivity index (χ0n) is 18.1. The number of nitrogens with zero attached hydrogens (tertiary/aromatic N) is 2. The number of imidazole rings is 1. The molecule has 0 aliphatic carbocycles. The van der Waals surface area contributed by atoms with Crippen LogP contribution < -0.4 is 10.1 Å². The molecule has 0 radical (unpaired) electrons. The molecule has 0 spiro atoms. The molecule has 2 amide bonds. The predicted molar refractivity (Wildman–Crippen MR) is 118 cm³/mol. The Bertz CT molecular complexity index is 1080. The van der Waals surface area contributed by atoms with Crippen LogP contribution in [0.15, 0.2) is 60.9 Å². The van der Waals surface area contributed by atoms with Crippen LogP contribution in [0.4, 0.5) is 4.79 Å². The van der Waals surface area contributed by atoms with Gasteiger partial charge in [-0.05, 0) is 23.3 Å². The van der Waals surface area contributed by atoms with Crippen molar-refractivity contribution in [2.45, 2.75) is 24.9 Å². The van der Waals surface area contributed by atoms with Crippen molar-refractivity contribution in [2.75, 3.05) is 20.8 Å². The largest absolute Gasteiger partial charge is 0.497 e. The van der Waals surface area contributed by atoms with E-state index in [0.29, 0.717) is 25.1 Å². The first kappa shape index (κ1) is 21.4. The summed E-state index contributed by atoms with van der Waals surface area (Å²) in [6.07, 6.45) is 2.63. The third-order valence-corrected chi connectivity index (χ3v) is 5.66. The number of aromatic amines is 1. The van der Waals surface area contributed by atoms with Gasteiger partial charge in [0.2, 0.25) is 0 Å². The number of carbonyl (C=O) groups is 2. The number of fused-ring (bicyclic) bond motifs is 1. The number of esters is 1. The maximum Gasteiger partial charge on any atom is 0.328 e. The van der Waals surface area contributed by atoms with E-state index in [0.717, 1.165) is 22.5 Å². The van der Waals surface area contributed by atoms with Crippen LogP contribution in [0.1, 0.15) is 28.6 Å². The molecule has 32 heavy (non-hydrogen) atoms. The Morgan fingerprint density at radius 2 is 2.00 bits per heavy atom. The van der Waals surface area contributed by atoms with Gasteiger partial charge in [0.1, 0.15) is 17.8 Å². The van der Waals surface area contributed by atoms with Gasteiger partial charge in [0.15, 0.2) is 0 Å². The van der Waals surface area contributed by atoms with Gasteiger partial charge >= 0.3 is 12.0 Å². The minimum absolute atomic E-state index is 0.338. The number of benzene rings is 2. The number of aromatic nitrogens is 2. The molecule has 2 N–H and O–H groups in total. The van der Waals surface area contributed by atoms with E-state index in [2.05, 4.69) is 15.3 Å². The molecule has 2 aromatic carbocycles. The summed E-state index contributed by atoms with van der Waals surface area (Å²) in [6.45, 7) is 0.474. The van der Waals surface area contributed by atoms with Crippen LogP contribution >= 0.6 is 0 Å². The van der Waals surface area contributed by atoms with Gasteiger partial charge in [-0.25, -0.2) is 14.6 Å². The Balaban J connectivity index is 1.62. The standard InChI is InChI=1S/C24H26N4O4/c1-31-18-10-6-9-17(14-18)22-21-19(25-15-26-21)11-12-28(22)24(30)27-20(23(29)32-2)13-16-7-4-3-5-8-16/h3-10,14-15,20,22H,11-13H2,1-2H3,(H,25,26)(H,27,30)/t20-,22-/m1/s1. The van der Waals surface area contributed by atoms with E-state index >= 15 is 0 Å². The third kappa shape index (κ3) is 4.44. The molecule has 4 rings (SSSR count). The van der Waals surface area contributed by atoms with Gasteiger partial charge in [0.05, 0.1) is 26.2 Å². The maximum absolute atomic E-state index is 13.4. The second-order valence-corrected chi connectivity index (χ2v) is 7.60. The molecule has 0 fully saturated rings. The number of ether oxygens (including phenoxy) is 2. The first-order chi connectivity index (χ1) is 15.6. The molecule has 1 aromatic heterocycles. The zero-order valence-corrected chi connectivity index (χ0v) is 18.1. The Labute approximate surface area is 186 Å². The normalized spacial score (nSPS) is 16.1. The minimum atomic E-state index is -0.804. The van der Waals surface area contributed by atoms with Gasteiger partial charge in [0.25, 0.3) is 0 Å². The first-order valence-electron chi connectivity index (χ1n) is 10.5. The van der Waals surface area contributed by atoms with Crippen molar-refractivity contribution in [3.05, 3.63) is 83.4 Å². The summed E-state index contributed by atoms with van der Waals surface area (Å²) < 4.78 is 10.3. The Morgan fingerprint density at radius 3 is 2.75 bits per heavy atom. The van der Waals surface area contributed by atoms with Crippen molar-refractivity contribution < 1.29 is 19.1 Å². The van der Waals surface area contributed by atoms with Gasteiger partial charge in [-0.15, -0.1) is 0 Å². The summed E-state index contributed by atoms with van der Waals surface area (Å²) in [5.41, 5.74) is 3.60. The van der Waals surface area contributed by atoms with Gasteiger partial charge in [-0.1, -0.05) is 42.5 Å². The van der Waals surface area contributed by atoms with Crippen molar-refractivity contribution in [1.82, 2.24) is 20.2 Å². The smallest absolute Gasteiger partial charge is 0.328 e. The van der Waals surface area contributed by atoms with Crippen LogP contribution in [0.3, 0.4) is 0 Å². The van der Waals surface area contributed by atoms with Gasteiger partial charge < -0.3 is 24.7 Å². The minimum Gasteiger partial charge on any atom is -0.497 e. The fourth-order valence-electron chi connectivity index (χ4n) is 4.06. The van der Waals surface area contributed by atoms with E-state index in [9.17, 15) is 9.59 Å². The van der Waals surface area contributed by atoms with Crippen molar-refractivity contribution in [2.24, 2.45) is 0 Å². The lowest BCUT2D eigenvalue weighted by Crippen LogP contribution is -2.52. The number of hydrogen-bond donors (Lipinski definition) is 2.